The van der Waals surface area contributed by atoms with Crippen molar-refractivity contribution < 1.29 is 14.3 Å². The molecule has 0 aliphatic rings. The Morgan fingerprint density at radius 1 is 1.28 bits per heavy atom. The summed E-state index contributed by atoms with van der Waals surface area (Å²) in [6.45, 7) is 4.20. The van der Waals surface area contributed by atoms with E-state index in [1.807, 2.05) is 13.8 Å². The number of nitrogens with one attached hydrogen (secondary N) is 2. The molecular formula is C17H22FN5O2. The summed E-state index contributed by atoms with van der Waals surface area (Å²) in [5, 5.41) is 14.7. The Kier molecular flexibility index (Phi) is 6.64. The van der Waals surface area contributed by atoms with Crippen LogP contribution in [0.1, 0.15) is 20.3 Å². The van der Waals surface area contributed by atoms with Crippen molar-refractivity contribution in [2.75, 3.05) is 23.4 Å². The van der Waals surface area contributed by atoms with Gasteiger partial charge in [-0.25, -0.2) is 19.1 Å². The first-order chi connectivity index (χ1) is 12.0. The fourth-order valence-electron chi connectivity index (χ4n) is 2.10. The standard InChI is InChI=1S/C17H22FN5O2/c1-12(2)21-16-19-10-8-15(22-16)23(17(25)20-9-3-11-24)14-6-4-13(18)5-7-14/h4-8,10,12,24H,3,9,11H2,1-2H3,(H,20,25)(H,19,21,22). The molecular weight excluding hydrogens is 325 g/mol. The van der Waals surface area contributed by atoms with Gasteiger partial charge in [-0.3, -0.25) is 0 Å². The number of rotatable bonds is 7. The van der Waals surface area contributed by atoms with Crippen molar-refractivity contribution in [1.82, 2.24) is 15.3 Å². The van der Waals surface area contributed by atoms with E-state index >= 15 is 0 Å². The predicted molar refractivity (Wildman–Crippen MR) is 94.4 cm³/mol. The number of carbonyl (C=O) groups is 1. The summed E-state index contributed by atoms with van der Waals surface area (Å²) in [6, 6.07) is 6.86. The first-order valence-electron chi connectivity index (χ1n) is 8.05. The van der Waals surface area contributed by atoms with Crippen LogP contribution in [-0.4, -0.2) is 40.3 Å². The van der Waals surface area contributed by atoms with E-state index in [4.69, 9.17) is 5.11 Å². The normalized spacial score (nSPS) is 10.6. The van der Waals surface area contributed by atoms with Gasteiger partial charge in [0, 0.05) is 31.5 Å². The number of aromatic nitrogens is 2. The third-order valence-electron chi connectivity index (χ3n) is 3.19. The number of anilines is 3. The van der Waals surface area contributed by atoms with E-state index in [1.165, 1.54) is 29.2 Å². The molecule has 1 aromatic heterocycles. The second-order valence-corrected chi connectivity index (χ2v) is 5.66. The van der Waals surface area contributed by atoms with Crippen molar-refractivity contribution in [1.29, 1.82) is 0 Å². The SMILES string of the molecule is CC(C)Nc1nccc(N(C(=O)NCCCO)c2ccc(F)cc2)n1. The molecule has 0 bridgehead atoms. The molecule has 0 aliphatic heterocycles. The lowest BCUT2D eigenvalue weighted by atomic mass is 10.3. The molecule has 0 fully saturated rings. The molecule has 2 rings (SSSR count). The summed E-state index contributed by atoms with van der Waals surface area (Å²) in [6.07, 6.45) is 1.98. The van der Waals surface area contributed by atoms with Crippen LogP contribution in [0.5, 0.6) is 0 Å². The Morgan fingerprint density at radius 2 is 2.00 bits per heavy atom. The summed E-state index contributed by atoms with van der Waals surface area (Å²) in [4.78, 5) is 22.4. The van der Waals surface area contributed by atoms with Gasteiger partial charge in [0.1, 0.15) is 11.6 Å². The molecule has 7 nitrogen and oxygen atoms in total. The number of aliphatic hydroxyl groups is 1. The van der Waals surface area contributed by atoms with Crippen molar-refractivity contribution in [3.05, 3.63) is 42.3 Å². The number of hydrogen-bond donors (Lipinski definition) is 3. The number of nitrogens with zero attached hydrogens (tertiary/aromatic N) is 3. The quantitative estimate of drug-likeness (QED) is 0.670. The highest BCUT2D eigenvalue weighted by atomic mass is 19.1. The van der Waals surface area contributed by atoms with E-state index in [0.717, 1.165) is 0 Å². The minimum absolute atomic E-state index is 0.0210. The van der Waals surface area contributed by atoms with E-state index in [2.05, 4.69) is 20.6 Å². The monoisotopic (exact) mass is 347 g/mol. The zero-order valence-electron chi connectivity index (χ0n) is 14.2. The van der Waals surface area contributed by atoms with Crippen molar-refractivity contribution in [3.63, 3.8) is 0 Å². The first-order valence-corrected chi connectivity index (χ1v) is 8.05. The number of aliphatic hydroxyl groups excluding tert-OH is 1. The Hall–Kier alpha value is -2.74. The van der Waals surface area contributed by atoms with Crippen LogP contribution in [0.25, 0.3) is 0 Å². The van der Waals surface area contributed by atoms with Gasteiger partial charge in [0.05, 0.1) is 5.69 Å². The molecule has 0 radical (unpaired) electrons. The van der Waals surface area contributed by atoms with Crippen LogP contribution in [0.3, 0.4) is 0 Å². The fraction of sp³-hybridized carbons (Fsp3) is 0.353. The average molecular weight is 347 g/mol. The maximum atomic E-state index is 13.2. The minimum Gasteiger partial charge on any atom is -0.396 e. The van der Waals surface area contributed by atoms with E-state index < -0.39 is 11.8 Å². The Bertz CT molecular complexity index is 694. The molecule has 0 aliphatic carbocycles. The predicted octanol–water partition coefficient (Wildman–Crippen LogP) is 2.67. The Labute approximate surface area is 145 Å². The molecule has 1 heterocycles. The van der Waals surface area contributed by atoms with Crippen molar-refractivity contribution in [2.45, 2.75) is 26.3 Å². The summed E-state index contributed by atoms with van der Waals surface area (Å²) in [5.74, 6) is 0.350. The van der Waals surface area contributed by atoms with Gasteiger partial charge in [0.2, 0.25) is 5.95 Å². The van der Waals surface area contributed by atoms with Crippen LogP contribution in [-0.2, 0) is 0 Å². The molecule has 0 saturated heterocycles. The molecule has 25 heavy (non-hydrogen) atoms. The highest BCUT2D eigenvalue weighted by Crippen LogP contribution is 2.24. The van der Waals surface area contributed by atoms with Crippen LogP contribution in [0, 0.1) is 5.82 Å². The zero-order valence-corrected chi connectivity index (χ0v) is 14.2. The van der Waals surface area contributed by atoms with Crippen LogP contribution in [0.4, 0.5) is 26.6 Å². The van der Waals surface area contributed by atoms with Gasteiger partial charge in [-0.2, -0.15) is 4.98 Å². The van der Waals surface area contributed by atoms with Gasteiger partial charge in [-0.15, -0.1) is 0 Å². The van der Waals surface area contributed by atoms with E-state index in [1.54, 1.807) is 12.3 Å². The fourth-order valence-corrected chi connectivity index (χ4v) is 2.10. The van der Waals surface area contributed by atoms with Gasteiger partial charge in [-0.05, 0) is 44.5 Å². The van der Waals surface area contributed by atoms with Gasteiger partial charge in [0.15, 0.2) is 0 Å². The molecule has 0 spiro atoms. The molecule has 8 heteroatoms. The number of hydrogen-bond acceptors (Lipinski definition) is 5. The largest absolute Gasteiger partial charge is 0.396 e. The second kappa shape index (κ2) is 8.93. The van der Waals surface area contributed by atoms with Crippen molar-refractivity contribution >= 4 is 23.5 Å². The van der Waals surface area contributed by atoms with E-state index in [0.29, 0.717) is 30.4 Å². The van der Waals surface area contributed by atoms with Crippen LogP contribution < -0.4 is 15.5 Å². The second-order valence-electron chi connectivity index (χ2n) is 5.66. The topological polar surface area (TPSA) is 90.4 Å². The maximum absolute atomic E-state index is 13.2. The third-order valence-corrected chi connectivity index (χ3v) is 3.19. The number of benzene rings is 1. The highest BCUT2D eigenvalue weighted by molar-refractivity contribution is 5.98. The summed E-state index contributed by atoms with van der Waals surface area (Å²) >= 11 is 0. The third kappa shape index (κ3) is 5.39. The number of urea groups is 1. The number of halogens is 1. The molecule has 2 aromatic rings. The van der Waals surface area contributed by atoms with Gasteiger partial charge in [-0.1, -0.05) is 0 Å². The Balaban J connectivity index is 2.33. The molecule has 0 atom stereocenters. The number of amides is 2. The zero-order chi connectivity index (χ0) is 18.2. The first kappa shape index (κ1) is 18.6. The summed E-state index contributed by atoms with van der Waals surface area (Å²) in [7, 11) is 0. The maximum Gasteiger partial charge on any atom is 0.327 e. The molecule has 0 saturated carbocycles. The van der Waals surface area contributed by atoms with Crippen LogP contribution in [0.2, 0.25) is 0 Å². The highest BCUT2D eigenvalue weighted by Gasteiger charge is 2.20. The van der Waals surface area contributed by atoms with Crippen LogP contribution in [0.15, 0.2) is 36.5 Å². The lowest BCUT2D eigenvalue weighted by molar-refractivity contribution is 0.245. The summed E-state index contributed by atoms with van der Waals surface area (Å²) < 4.78 is 13.2. The van der Waals surface area contributed by atoms with E-state index in [9.17, 15) is 9.18 Å². The lowest BCUT2D eigenvalue weighted by Gasteiger charge is -2.23. The van der Waals surface area contributed by atoms with Crippen LogP contribution >= 0.6 is 0 Å². The van der Waals surface area contributed by atoms with Gasteiger partial charge in [0.25, 0.3) is 0 Å². The van der Waals surface area contributed by atoms with Gasteiger partial charge >= 0.3 is 6.03 Å². The summed E-state index contributed by atoms with van der Waals surface area (Å²) in [5.41, 5.74) is 0.470. The van der Waals surface area contributed by atoms with Crippen molar-refractivity contribution in [2.24, 2.45) is 0 Å². The smallest absolute Gasteiger partial charge is 0.327 e. The van der Waals surface area contributed by atoms with E-state index in [-0.39, 0.29) is 12.6 Å². The lowest BCUT2D eigenvalue weighted by Crippen LogP contribution is -2.38. The Morgan fingerprint density at radius 3 is 2.64 bits per heavy atom. The number of carbonyl (C=O) groups excluding carboxylic acids is 1. The minimum atomic E-state index is -0.422. The molecule has 2 amide bonds. The van der Waals surface area contributed by atoms with Crippen molar-refractivity contribution in [3.8, 4) is 0 Å². The molecule has 1 aromatic carbocycles. The molecule has 3 N–H and O–H groups in total. The molecule has 134 valence electrons. The molecule has 0 unspecified atom stereocenters. The van der Waals surface area contributed by atoms with Gasteiger partial charge < -0.3 is 15.7 Å². The average Bonchev–Trinajstić information content (AvgIpc) is 2.57.